The van der Waals surface area contributed by atoms with Gasteiger partial charge in [-0.1, -0.05) is 49.4 Å². The van der Waals surface area contributed by atoms with Crippen molar-refractivity contribution < 1.29 is 31.5 Å². The van der Waals surface area contributed by atoms with E-state index in [1.165, 1.54) is 28.6 Å². The fourth-order valence-electron chi connectivity index (χ4n) is 3.53. The van der Waals surface area contributed by atoms with E-state index in [1.807, 2.05) is 6.92 Å². The van der Waals surface area contributed by atoms with Crippen molar-refractivity contribution in [1.29, 1.82) is 0 Å². The second-order valence-electron chi connectivity index (χ2n) is 7.41. The smallest absolute Gasteiger partial charge is 0.416 e. The van der Waals surface area contributed by atoms with Crippen LogP contribution in [0.15, 0.2) is 83.8 Å². The average Bonchev–Trinajstić information content (AvgIpc) is 2.79. The normalized spacial score (nSPS) is 13.1. The first-order chi connectivity index (χ1) is 15.5. The highest BCUT2D eigenvalue weighted by molar-refractivity contribution is 7.89. The lowest BCUT2D eigenvalue weighted by atomic mass is 10.0. The number of nitrogens with zero attached hydrogens (tertiary/aromatic N) is 1. The molecule has 5 nitrogen and oxygen atoms in total. The molecule has 3 rings (SSSR count). The molecule has 0 saturated heterocycles. The summed E-state index contributed by atoms with van der Waals surface area (Å²) in [6, 6.07) is 17.6. The average molecular weight is 478 g/mol. The summed E-state index contributed by atoms with van der Waals surface area (Å²) < 4.78 is 67.3. The Hall–Kier alpha value is -3.17. The minimum atomic E-state index is -4.58. The highest BCUT2D eigenvalue weighted by Crippen LogP contribution is 2.34. The molecule has 0 bridgehead atoms. The molecule has 3 aromatic rings. The number of rotatable bonds is 8. The van der Waals surface area contributed by atoms with Crippen LogP contribution in [0.4, 0.5) is 13.2 Å². The molecule has 3 aromatic carbocycles. The summed E-state index contributed by atoms with van der Waals surface area (Å²) in [6.07, 6.45) is -4.17. The molecule has 0 aliphatic rings. The molecule has 0 aliphatic carbocycles. The fraction of sp³-hybridized carbons (Fsp3) is 0.208. The minimum Gasteiger partial charge on any atom is -0.478 e. The molecule has 1 atom stereocenters. The molecule has 0 fully saturated rings. The number of hydrogen-bond acceptors (Lipinski definition) is 3. The van der Waals surface area contributed by atoms with Crippen LogP contribution in [0, 0.1) is 0 Å². The number of alkyl halides is 3. The van der Waals surface area contributed by atoms with Crippen LogP contribution in [0.1, 0.15) is 46.4 Å². The van der Waals surface area contributed by atoms with E-state index in [9.17, 15) is 26.4 Å². The number of benzene rings is 3. The molecule has 9 heteroatoms. The van der Waals surface area contributed by atoms with Crippen molar-refractivity contribution in [3.8, 4) is 0 Å². The topological polar surface area (TPSA) is 74.7 Å². The SMILES string of the molecule is CCC(c1ccccc1)N(Cc1ccc(C(=O)O)cc1)S(=O)(=O)c1ccc(C(F)(F)F)cc1. The van der Waals surface area contributed by atoms with Crippen molar-refractivity contribution >= 4 is 16.0 Å². The predicted molar refractivity (Wildman–Crippen MR) is 117 cm³/mol. The Labute approximate surface area is 190 Å². The summed E-state index contributed by atoms with van der Waals surface area (Å²) in [5.74, 6) is -1.11. The number of aromatic carboxylic acids is 1. The Morgan fingerprint density at radius 3 is 2.00 bits per heavy atom. The molecule has 0 heterocycles. The van der Waals surface area contributed by atoms with Crippen molar-refractivity contribution in [2.45, 2.75) is 37.0 Å². The van der Waals surface area contributed by atoms with E-state index in [0.717, 1.165) is 29.8 Å². The van der Waals surface area contributed by atoms with Gasteiger partial charge in [-0.05, 0) is 53.9 Å². The first-order valence-electron chi connectivity index (χ1n) is 10.1. The summed E-state index contributed by atoms with van der Waals surface area (Å²) in [7, 11) is -4.20. The van der Waals surface area contributed by atoms with Crippen molar-refractivity contribution in [3.05, 3.63) is 101 Å². The zero-order valence-corrected chi connectivity index (χ0v) is 18.5. The second-order valence-corrected chi connectivity index (χ2v) is 9.30. The molecule has 1 N–H and O–H groups in total. The lowest BCUT2D eigenvalue weighted by molar-refractivity contribution is -0.137. The van der Waals surface area contributed by atoms with Gasteiger partial charge in [0, 0.05) is 6.54 Å². The summed E-state index contributed by atoms with van der Waals surface area (Å²) in [5.41, 5.74) is 0.404. The van der Waals surface area contributed by atoms with Crippen molar-refractivity contribution in [2.24, 2.45) is 0 Å². The predicted octanol–water partition coefficient (Wildman–Crippen LogP) is 5.75. The van der Waals surface area contributed by atoms with E-state index < -0.39 is 33.8 Å². The Morgan fingerprint density at radius 2 is 1.52 bits per heavy atom. The van der Waals surface area contributed by atoms with Gasteiger partial charge in [-0.2, -0.15) is 17.5 Å². The second kappa shape index (κ2) is 9.76. The third kappa shape index (κ3) is 5.61. The van der Waals surface area contributed by atoms with Crippen LogP contribution in [-0.4, -0.2) is 23.8 Å². The monoisotopic (exact) mass is 477 g/mol. The van der Waals surface area contributed by atoms with Crippen LogP contribution < -0.4 is 0 Å². The Morgan fingerprint density at radius 1 is 0.939 bits per heavy atom. The summed E-state index contributed by atoms with van der Waals surface area (Å²) in [5, 5.41) is 9.10. The molecule has 0 radical (unpaired) electrons. The Bertz CT molecular complexity index is 1190. The number of carbonyl (C=O) groups is 1. The first kappa shape index (κ1) is 24.5. The van der Waals surface area contributed by atoms with E-state index in [-0.39, 0.29) is 17.0 Å². The third-order valence-electron chi connectivity index (χ3n) is 5.25. The molecule has 174 valence electrons. The van der Waals surface area contributed by atoms with Crippen LogP contribution in [-0.2, 0) is 22.7 Å². The van der Waals surface area contributed by atoms with Crippen LogP contribution in [0.3, 0.4) is 0 Å². The molecular formula is C24H22F3NO4S. The number of hydrogen-bond donors (Lipinski definition) is 1. The van der Waals surface area contributed by atoms with Crippen LogP contribution in [0.5, 0.6) is 0 Å². The Kier molecular flexibility index (Phi) is 7.24. The molecule has 0 amide bonds. The van der Waals surface area contributed by atoms with Crippen LogP contribution >= 0.6 is 0 Å². The standard InChI is InChI=1S/C24H22F3NO4S/c1-2-22(18-6-4-3-5-7-18)28(16-17-8-10-19(11-9-17)23(29)30)33(31,32)21-14-12-20(13-15-21)24(25,26)27/h3-15,22H,2,16H2,1H3,(H,29,30). The lowest BCUT2D eigenvalue weighted by Gasteiger charge is -2.31. The number of carboxylic acids is 1. The maximum Gasteiger partial charge on any atom is 0.416 e. The number of sulfonamides is 1. The van der Waals surface area contributed by atoms with E-state index in [2.05, 4.69) is 0 Å². The van der Waals surface area contributed by atoms with Gasteiger partial charge >= 0.3 is 12.1 Å². The van der Waals surface area contributed by atoms with E-state index in [1.54, 1.807) is 30.3 Å². The zero-order valence-electron chi connectivity index (χ0n) is 17.7. The van der Waals surface area contributed by atoms with Gasteiger partial charge in [-0.3, -0.25) is 0 Å². The molecule has 0 spiro atoms. The summed E-state index contributed by atoms with van der Waals surface area (Å²) >= 11 is 0. The number of halogens is 3. The minimum absolute atomic E-state index is 0.0611. The maximum atomic E-state index is 13.6. The van der Waals surface area contributed by atoms with Gasteiger partial charge in [0.15, 0.2) is 0 Å². The molecule has 0 aromatic heterocycles. The van der Waals surface area contributed by atoms with Crippen LogP contribution in [0.25, 0.3) is 0 Å². The van der Waals surface area contributed by atoms with Gasteiger partial charge in [0.05, 0.1) is 22.1 Å². The zero-order chi connectivity index (χ0) is 24.2. The lowest BCUT2D eigenvalue weighted by Crippen LogP contribution is -2.34. The summed E-state index contributed by atoms with van der Waals surface area (Å²) in [4.78, 5) is 10.9. The fourth-order valence-corrected chi connectivity index (χ4v) is 5.20. The quantitative estimate of drug-likeness (QED) is 0.449. The summed E-state index contributed by atoms with van der Waals surface area (Å²) in [6.45, 7) is 1.73. The van der Waals surface area contributed by atoms with Crippen molar-refractivity contribution in [3.63, 3.8) is 0 Å². The highest BCUT2D eigenvalue weighted by atomic mass is 32.2. The highest BCUT2D eigenvalue weighted by Gasteiger charge is 2.34. The van der Waals surface area contributed by atoms with Gasteiger partial charge in [-0.25, -0.2) is 13.2 Å². The molecule has 1 unspecified atom stereocenters. The van der Waals surface area contributed by atoms with Gasteiger partial charge in [-0.15, -0.1) is 0 Å². The van der Waals surface area contributed by atoms with Gasteiger partial charge in [0.25, 0.3) is 0 Å². The largest absolute Gasteiger partial charge is 0.478 e. The van der Waals surface area contributed by atoms with Gasteiger partial charge < -0.3 is 5.11 Å². The van der Waals surface area contributed by atoms with Crippen LogP contribution in [0.2, 0.25) is 0 Å². The van der Waals surface area contributed by atoms with Crippen molar-refractivity contribution in [2.75, 3.05) is 0 Å². The molecular weight excluding hydrogens is 455 g/mol. The maximum absolute atomic E-state index is 13.6. The van der Waals surface area contributed by atoms with Crippen molar-refractivity contribution in [1.82, 2.24) is 4.31 Å². The first-order valence-corrected chi connectivity index (χ1v) is 11.5. The van der Waals surface area contributed by atoms with Gasteiger partial charge in [0.1, 0.15) is 0 Å². The molecule has 33 heavy (non-hydrogen) atoms. The number of carboxylic acid groups (broad SMARTS) is 1. The molecule has 0 aliphatic heterocycles. The van der Waals surface area contributed by atoms with E-state index >= 15 is 0 Å². The Balaban J connectivity index is 2.05. The van der Waals surface area contributed by atoms with E-state index in [4.69, 9.17) is 5.11 Å². The van der Waals surface area contributed by atoms with E-state index in [0.29, 0.717) is 12.0 Å². The van der Waals surface area contributed by atoms with Gasteiger partial charge in [0.2, 0.25) is 10.0 Å². The third-order valence-corrected chi connectivity index (χ3v) is 7.12. The molecule has 0 saturated carbocycles.